The minimum Gasteiger partial charge on any atom is -0.394 e. The lowest BCUT2D eigenvalue weighted by Gasteiger charge is -2.27. The zero-order valence-corrected chi connectivity index (χ0v) is 9.92. The lowest BCUT2D eigenvalue weighted by Crippen LogP contribution is -2.53. The third kappa shape index (κ3) is 3.98. The van der Waals surface area contributed by atoms with Crippen molar-refractivity contribution in [2.45, 2.75) is 38.1 Å². The van der Waals surface area contributed by atoms with Gasteiger partial charge in [0.1, 0.15) is 0 Å². The van der Waals surface area contributed by atoms with Crippen LogP contribution in [0.15, 0.2) is 0 Å². The fourth-order valence-electron chi connectivity index (χ4n) is 2.04. The highest BCUT2D eigenvalue weighted by Gasteiger charge is 2.34. The second-order valence-corrected chi connectivity index (χ2v) is 4.22. The first-order valence-electron chi connectivity index (χ1n) is 5.97. The molecule has 0 aromatic heterocycles. The van der Waals surface area contributed by atoms with Crippen molar-refractivity contribution < 1.29 is 14.6 Å². The van der Waals surface area contributed by atoms with E-state index in [1.807, 2.05) is 6.92 Å². The van der Waals surface area contributed by atoms with Gasteiger partial charge in [-0.25, -0.2) is 4.79 Å². The van der Waals surface area contributed by atoms with E-state index in [-0.39, 0.29) is 12.6 Å². The molecule has 5 heteroatoms. The van der Waals surface area contributed by atoms with Gasteiger partial charge in [0, 0.05) is 13.2 Å². The Morgan fingerprint density at radius 3 is 2.69 bits per heavy atom. The molecular formula is C11H22N2O3. The van der Waals surface area contributed by atoms with E-state index in [1.165, 1.54) is 0 Å². The van der Waals surface area contributed by atoms with Crippen molar-refractivity contribution >= 4 is 6.03 Å². The van der Waals surface area contributed by atoms with Crippen LogP contribution in [-0.4, -0.2) is 43.0 Å². The van der Waals surface area contributed by atoms with E-state index < -0.39 is 5.54 Å². The molecule has 2 amide bonds. The number of aliphatic hydroxyl groups is 1. The number of urea groups is 1. The minimum absolute atomic E-state index is 0.0197. The van der Waals surface area contributed by atoms with Crippen LogP contribution in [0.4, 0.5) is 4.79 Å². The second-order valence-electron chi connectivity index (χ2n) is 4.22. The smallest absolute Gasteiger partial charge is 0.315 e. The molecule has 94 valence electrons. The van der Waals surface area contributed by atoms with Gasteiger partial charge in [0.2, 0.25) is 0 Å². The van der Waals surface area contributed by atoms with Crippen molar-refractivity contribution in [3.8, 4) is 0 Å². The summed E-state index contributed by atoms with van der Waals surface area (Å²) in [5.41, 5.74) is -0.393. The van der Waals surface area contributed by atoms with Crippen molar-refractivity contribution in [2.24, 2.45) is 0 Å². The number of hydrogen-bond acceptors (Lipinski definition) is 3. The Bertz CT molecular complexity index is 215. The molecule has 1 rings (SSSR count). The quantitative estimate of drug-likeness (QED) is 0.586. The third-order valence-electron chi connectivity index (χ3n) is 2.98. The minimum atomic E-state index is -0.393. The number of carbonyl (C=O) groups excluding carboxylic acids is 1. The van der Waals surface area contributed by atoms with Gasteiger partial charge in [0.05, 0.1) is 18.8 Å². The number of aliphatic hydroxyl groups excluding tert-OH is 1. The van der Waals surface area contributed by atoms with Gasteiger partial charge < -0.3 is 20.5 Å². The monoisotopic (exact) mass is 230 g/mol. The van der Waals surface area contributed by atoms with Gasteiger partial charge in [-0.2, -0.15) is 0 Å². The number of hydrogen-bond donors (Lipinski definition) is 3. The molecule has 0 spiro atoms. The van der Waals surface area contributed by atoms with Crippen LogP contribution in [0.1, 0.15) is 32.6 Å². The highest BCUT2D eigenvalue weighted by Crippen LogP contribution is 2.28. The Kier molecular flexibility index (Phi) is 5.55. The molecule has 0 aliphatic heterocycles. The first kappa shape index (κ1) is 13.3. The van der Waals surface area contributed by atoms with Gasteiger partial charge in [-0.05, 0) is 19.8 Å². The standard InChI is InChI=1S/C11H22N2O3/c1-2-16-8-7-12-10(15)13-11(9-14)5-3-4-6-11/h14H,2-9H2,1H3,(H2,12,13,15). The third-order valence-corrected chi connectivity index (χ3v) is 2.98. The number of amides is 2. The fraction of sp³-hybridized carbons (Fsp3) is 0.909. The zero-order chi connectivity index (χ0) is 11.9. The van der Waals surface area contributed by atoms with E-state index in [0.29, 0.717) is 19.8 Å². The lowest BCUT2D eigenvalue weighted by atomic mass is 9.99. The van der Waals surface area contributed by atoms with Crippen LogP contribution in [-0.2, 0) is 4.74 Å². The Morgan fingerprint density at radius 1 is 1.44 bits per heavy atom. The van der Waals surface area contributed by atoms with Crippen LogP contribution in [0.2, 0.25) is 0 Å². The van der Waals surface area contributed by atoms with E-state index in [1.54, 1.807) is 0 Å². The summed E-state index contributed by atoms with van der Waals surface area (Å²) in [6, 6.07) is -0.212. The Hall–Kier alpha value is -0.810. The summed E-state index contributed by atoms with van der Waals surface area (Å²) in [6.45, 7) is 3.62. The first-order chi connectivity index (χ1) is 7.72. The van der Waals surface area contributed by atoms with Crippen LogP contribution in [0.5, 0.6) is 0 Å². The topological polar surface area (TPSA) is 70.6 Å². The van der Waals surface area contributed by atoms with Gasteiger partial charge in [0.15, 0.2) is 0 Å². The maximum absolute atomic E-state index is 11.5. The molecule has 16 heavy (non-hydrogen) atoms. The Balaban J connectivity index is 2.21. The van der Waals surface area contributed by atoms with Crippen molar-refractivity contribution in [1.82, 2.24) is 10.6 Å². The summed E-state index contributed by atoms with van der Waals surface area (Å²) in [5, 5.41) is 14.9. The van der Waals surface area contributed by atoms with Crippen LogP contribution < -0.4 is 10.6 Å². The second kappa shape index (κ2) is 6.70. The maximum Gasteiger partial charge on any atom is 0.315 e. The van der Waals surface area contributed by atoms with E-state index >= 15 is 0 Å². The molecule has 1 aliphatic rings. The van der Waals surface area contributed by atoms with Gasteiger partial charge in [-0.15, -0.1) is 0 Å². The first-order valence-corrected chi connectivity index (χ1v) is 5.97. The maximum atomic E-state index is 11.5. The summed E-state index contributed by atoms with van der Waals surface area (Å²) >= 11 is 0. The summed E-state index contributed by atoms with van der Waals surface area (Å²) in [4.78, 5) is 11.5. The molecule has 0 aromatic rings. The molecular weight excluding hydrogens is 208 g/mol. The molecule has 0 radical (unpaired) electrons. The van der Waals surface area contributed by atoms with E-state index in [0.717, 1.165) is 25.7 Å². The average molecular weight is 230 g/mol. The molecule has 1 fully saturated rings. The predicted octanol–water partition coefficient (Wildman–Crippen LogP) is 0.627. The lowest BCUT2D eigenvalue weighted by molar-refractivity contribution is 0.144. The van der Waals surface area contributed by atoms with Crippen molar-refractivity contribution in [3.05, 3.63) is 0 Å². The largest absolute Gasteiger partial charge is 0.394 e. The number of ether oxygens (including phenoxy) is 1. The van der Waals surface area contributed by atoms with Crippen LogP contribution in [0.25, 0.3) is 0 Å². The molecule has 0 heterocycles. The van der Waals surface area contributed by atoms with E-state index in [9.17, 15) is 9.90 Å². The predicted molar refractivity (Wildman–Crippen MR) is 61.3 cm³/mol. The summed E-state index contributed by atoms with van der Waals surface area (Å²) in [5.74, 6) is 0. The van der Waals surface area contributed by atoms with Crippen LogP contribution in [0, 0.1) is 0 Å². The van der Waals surface area contributed by atoms with E-state index in [2.05, 4.69) is 10.6 Å². The van der Waals surface area contributed by atoms with E-state index in [4.69, 9.17) is 4.74 Å². The van der Waals surface area contributed by atoms with Crippen LogP contribution >= 0.6 is 0 Å². The average Bonchev–Trinajstić information content (AvgIpc) is 2.74. The number of nitrogens with one attached hydrogen (secondary N) is 2. The normalized spacial score (nSPS) is 18.4. The molecule has 3 N–H and O–H groups in total. The van der Waals surface area contributed by atoms with Gasteiger partial charge in [-0.3, -0.25) is 0 Å². The summed E-state index contributed by atoms with van der Waals surface area (Å²) < 4.78 is 5.11. The SMILES string of the molecule is CCOCCNC(=O)NC1(CO)CCCC1. The highest BCUT2D eigenvalue weighted by atomic mass is 16.5. The summed E-state index contributed by atoms with van der Waals surface area (Å²) in [7, 11) is 0. The Morgan fingerprint density at radius 2 is 2.12 bits per heavy atom. The summed E-state index contributed by atoms with van der Waals surface area (Å²) in [6.07, 6.45) is 3.87. The van der Waals surface area contributed by atoms with Gasteiger partial charge in [0.25, 0.3) is 0 Å². The molecule has 0 aromatic carbocycles. The number of carbonyl (C=O) groups is 1. The molecule has 1 saturated carbocycles. The number of rotatable bonds is 6. The van der Waals surface area contributed by atoms with Crippen LogP contribution in [0.3, 0.4) is 0 Å². The molecule has 0 atom stereocenters. The zero-order valence-electron chi connectivity index (χ0n) is 9.92. The van der Waals surface area contributed by atoms with Crippen molar-refractivity contribution in [3.63, 3.8) is 0 Å². The van der Waals surface area contributed by atoms with Crippen molar-refractivity contribution in [2.75, 3.05) is 26.4 Å². The molecule has 1 aliphatic carbocycles. The molecule has 0 saturated heterocycles. The molecule has 5 nitrogen and oxygen atoms in total. The van der Waals surface area contributed by atoms with Gasteiger partial charge >= 0.3 is 6.03 Å². The molecule has 0 bridgehead atoms. The van der Waals surface area contributed by atoms with Gasteiger partial charge in [-0.1, -0.05) is 12.8 Å². The molecule has 0 unspecified atom stereocenters. The Labute approximate surface area is 96.6 Å². The fourth-order valence-corrected chi connectivity index (χ4v) is 2.04. The van der Waals surface area contributed by atoms with Crippen molar-refractivity contribution in [1.29, 1.82) is 0 Å². The highest BCUT2D eigenvalue weighted by molar-refractivity contribution is 5.74.